The smallest absolute Gasteiger partial charge is 0.358 e. The molecule has 0 saturated carbocycles. The summed E-state index contributed by atoms with van der Waals surface area (Å²) in [7, 11) is 1.21. The Bertz CT molecular complexity index is 617. The van der Waals surface area contributed by atoms with Crippen molar-refractivity contribution in [3.8, 4) is 17.1 Å². The van der Waals surface area contributed by atoms with Gasteiger partial charge in [-0.1, -0.05) is 0 Å². The minimum atomic E-state index is -0.788. The molecule has 0 fully saturated rings. The number of nitrogens with zero attached hydrogens (tertiary/aromatic N) is 3. The average molecular weight is 277 g/mol. The van der Waals surface area contributed by atoms with Crippen molar-refractivity contribution in [2.45, 2.75) is 6.92 Å². The van der Waals surface area contributed by atoms with E-state index in [1.165, 1.54) is 13.3 Å². The van der Waals surface area contributed by atoms with Gasteiger partial charge >= 0.3 is 5.97 Å². The van der Waals surface area contributed by atoms with E-state index in [-0.39, 0.29) is 11.4 Å². The van der Waals surface area contributed by atoms with Crippen molar-refractivity contribution >= 4 is 5.97 Å². The molecule has 0 N–H and O–H groups in total. The van der Waals surface area contributed by atoms with Gasteiger partial charge in [-0.3, -0.25) is 0 Å². The third-order valence-corrected chi connectivity index (χ3v) is 2.42. The maximum Gasteiger partial charge on any atom is 0.358 e. The SMILES string of the molecule is CCOc1ccc(-c2nc(C(=O)OC)cnc2F)cn1. The quantitative estimate of drug-likeness (QED) is 0.794. The Labute approximate surface area is 114 Å². The van der Waals surface area contributed by atoms with Gasteiger partial charge in [0.25, 0.3) is 0 Å². The van der Waals surface area contributed by atoms with E-state index in [0.717, 1.165) is 6.20 Å². The first-order valence-electron chi connectivity index (χ1n) is 5.85. The fourth-order valence-corrected chi connectivity index (χ4v) is 1.51. The van der Waals surface area contributed by atoms with Crippen LogP contribution in [0.3, 0.4) is 0 Å². The van der Waals surface area contributed by atoms with Crippen LogP contribution in [0, 0.1) is 5.95 Å². The highest BCUT2D eigenvalue weighted by Crippen LogP contribution is 2.20. The Morgan fingerprint density at radius 1 is 1.30 bits per heavy atom. The van der Waals surface area contributed by atoms with Gasteiger partial charge in [0, 0.05) is 17.8 Å². The van der Waals surface area contributed by atoms with Crippen LogP contribution in [0.2, 0.25) is 0 Å². The van der Waals surface area contributed by atoms with Gasteiger partial charge in [0.2, 0.25) is 11.8 Å². The van der Waals surface area contributed by atoms with E-state index in [2.05, 4.69) is 19.7 Å². The fourth-order valence-electron chi connectivity index (χ4n) is 1.51. The Hall–Kier alpha value is -2.57. The lowest BCUT2D eigenvalue weighted by atomic mass is 10.2. The average Bonchev–Trinajstić information content (AvgIpc) is 2.48. The summed E-state index contributed by atoms with van der Waals surface area (Å²) in [6.07, 6.45) is 2.42. The van der Waals surface area contributed by atoms with Crippen molar-refractivity contribution in [3.05, 3.63) is 36.2 Å². The van der Waals surface area contributed by atoms with Crippen LogP contribution in [0.4, 0.5) is 4.39 Å². The number of carbonyl (C=O) groups is 1. The molecular formula is C13H12FN3O3. The Kier molecular flexibility index (Phi) is 4.19. The molecule has 0 radical (unpaired) electrons. The van der Waals surface area contributed by atoms with Crippen LogP contribution >= 0.6 is 0 Å². The number of methoxy groups -OCH3 is 1. The zero-order valence-electron chi connectivity index (χ0n) is 11.0. The van der Waals surface area contributed by atoms with E-state index in [1.807, 2.05) is 6.92 Å². The first-order chi connectivity index (χ1) is 9.65. The number of pyridine rings is 1. The van der Waals surface area contributed by atoms with Gasteiger partial charge in [-0.15, -0.1) is 0 Å². The number of halogens is 1. The summed E-state index contributed by atoms with van der Waals surface area (Å²) in [6.45, 7) is 2.32. The summed E-state index contributed by atoms with van der Waals surface area (Å²) in [4.78, 5) is 22.8. The zero-order valence-corrected chi connectivity index (χ0v) is 11.0. The summed E-state index contributed by atoms with van der Waals surface area (Å²) < 4.78 is 23.4. The molecule has 0 amide bonds. The lowest BCUT2D eigenvalue weighted by Gasteiger charge is -2.05. The predicted octanol–water partition coefficient (Wildman–Crippen LogP) is 1.86. The van der Waals surface area contributed by atoms with Gasteiger partial charge < -0.3 is 9.47 Å². The van der Waals surface area contributed by atoms with E-state index < -0.39 is 11.9 Å². The summed E-state index contributed by atoms with van der Waals surface area (Å²) in [6, 6.07) is 3.18. The molecule has 0 atom stereocenters. The maximum absolute atomic E-state index is 13.7. The van der Waals surface area contributed by atoms with Gasteiger partial charge in [0.1, 0.15) is 5.69 Å². The molecule has 0 spiro atoms. The molecule has 0 bridgehead atoms. The second-order valence-electron chi connectivity index (χ2n) is 3.70. The Morgan fingerprint density at radius 2 is 2.10 bits per heavy atom. The van der Waals surface area contributed by atoms with Gasteiger partial charge in [0.05, 0.1) is 19.9 Å². The predicted molar refractivity (Wildman–Crippen MR) is 67.7 cm³/mol. The number of carbonyl (C=O) groups excluding carboxylic acids is 1. The minimum absolute atomic E-state index is 0.0663. The molecule has 2 rings (SSSR count). The first kappa shape index (κ1) is 13.9. The second-order valence-corrected chi connectivity index (χ2v) is 3.70. The molecule has 2 heterocycles. The molecule has 0 aliphatic rings. The minimum Gasteiger partial charge on any atom is -0.478 e. The monoisotopic (exact) mass is 277 g/mol. The molecule has 6 nitrogen and oxygen atoms in total. The van der Waals surface area contributed by atoms with E-state index in [9.17, 15) is 9.18 Å². The number of aromatic nitrogens is 3. The molecule has 0 aromatic carbocycles. The summed E-state index contributed by atoms with van der Waals surface area (Å²) >= 11 is 0. The molecule has 0 aliphatic carbocycles. The first-order valence-corrected chi connectivity index (χ1v) is 5.85. The number of esters is 1. The van der Waals surface area contributed by atoms with Crippen LogP contribution in [-0.2, 0) is 4.74 Å². The van der Waals surface area contributed by atoms with E-state index in [4.69, 9.17) is 4.74 Å². The summed E-state index contributed by atoms with van der Waals surface area (Å²) in [5.74, 6) is -1.05. The molecule has 2 aromatic rings. The lowest BCUT2D eigenvalue weighted by molar-refractivity contribution is 0.0593. The summed E-state index contributed by atoms with van der Waals surface area (Å²) in [5.41, 5.74) is 0.255. The third kappa shape index (κ3) is 2.87. The molecular weight excluding hydrogens is 265 g/mol. The van der Waals surface area contributed by atoms with Crippen molar-refractivity contribution in [3.63, 3.8) is 0 Å². The van der Waals surface area contributed by atoms with E-state index in [1.54, 1.807) is 12.1 Å². The van der Waals surface area contributed by atoms with E-state index >= 15 is 0 Å². The van der Waals surface area contributed by atoms with Crippen LogP contribution in [0.5, 0.6) is 5.88 Å². The summed E-state index contributed by atoms with van der Waals surface area (Å²) in [5, 5.41) is 0. The van der Waals surface area contributed by atoms with Gasteiger partial charge in [-0.25, -0.2) is 19.7 Å². The molecule has 2 aromatic heterocycles. The molecule has 0 saturated heterocycles. The van der Waals surface area contributed by atoms with Crippen LogP contribution in [0.15, 0.2) is 24.5 Å². The van der Waals surface area contributed by atoms with Crippen molar-refractivity contribution < 1.29 is 18.7 Å². The normalized spacial score (nSPS) is 10.2. The number of hydrogen-bond acceptors (Lipinski definition) is 6. The topological polar surface area (TPSA) is 74.2 Å². The highest BCUT2D eigenvalue weighted by atomic mass is 19.1. The molecule has 0 unspecified atom stereocenters. The molecule has 20 heavy (non-hydrogen) atoms. The van der Waals surface area contributed by atoms with Crippen LogP contribution in [0.1, 0.15) is 17.4 Å². The van der Waals surface area contributed by atoms with Crippen molar-refractivity contribution in [2.24, 2.45) is 0 Å². The van der Waals surface area contributed by atoms with Gasteiger partial charge in [-0.2, -0.15) is 4.39 Å². The lowest BCUT2D eigenvalue weighted by Crippen LogP contribution is -2.07. The third-order valence-electron chi connectivity index (χ3n) is 2.42. The van der Waals surface area contributed by atoms with Gasteiger partial charge in [-0.05, 0) is 13.0 Å². The van der Waals surface area contributed by atoms with Gasteiger partial charge in [0.15, 0.2) is 5.69 Å². The maximum atomic E-state index is 13.7. The van der Waals surface area contributed by atoms with Crippen molar-refractivity contribution in [2.75, 3.05) is 13.7 Å². The standard InChI is InChI=1S/C13H12FN3O3/c1-3-20-10-5-4-8(6-15-10)11-12(14)16-7-9(17-11)13(18)19-2/h4-7H,3H2,1-2H3. The second kappa shape index (κ2) is 6.05. The van der Waals surface area contributed by atoms with Crippen LogP contribution < -0.4 is 4.74 Å². The Balaban J connectivity index is 2.38. The van der Waals surface area contributed by atoms with E-state index in [0.29, 0.717) is 18.1 Å². The van der Waals surface area contributed by atoms with Crippen LogP contribution in [-0.4, -0.2) is 34.6 Å². The molecule has 0 aliphatic heterocycles. The number of ether oxygens (including phenoxy) is 2. The largest absolute Gasteiger partial charge is 0.478 e. The molecule has 7 heteroatoms. The Morgan fingerprint density at radius 3 is 2.70 bits per heavy atom. The van der Waals surface area contributed by atoms with Crippen molar-refractivity contribution in [1.29, 1.82) is 0 Å². The zero-order chi connectivity index (χ0) is 14.5. The van der Waals surface area contributed by atoms with Crippen LogP contribution in [0.25, 0.3) is 11.3 Å². The number of hydrogen-bond donors (Lipinski definition) is 0. The fraction of sp³-hybridized carbons (Fsp3) is 0.231. The molecule has 104 valence electrons. The highest BCUT2D eigenvalue weighted by molar-refractivity contribution is 5.87. The number of rotatable bonds is 4. The highest BCUT2D eigenvalue weighted by Gasteiger charge is 2.15. The van der Waals surface area contributed by atoms with Crippen molar-refractivity contribution in [1.82, 2.24) is 15.0 Å².